The number of rotatable bonds is 6. The van der Waals surface area contributed by atoms with Crippen LogP contribution in [0.1, 0.15) is 38.8 Å². The largest absolute Gasteiger partial charge is 0.492 e. The van der Waals surface area contributed by atoms with E-state index >= 15 is 0 Å². The van der Waals surface area contributed by atoms with Crippen molar-refractivity contribution in [2.24, 2.45) is 0 Å². The minimum atomic E-state index is -0.615. The summed E-state index contributed by atoms with van der Waals surface area (Å²) in [5.74, 6) is 0. The van der Waals surface area contributed by atoms with Crippen molar-refractivity contribution in [1.29, 1.82) is 0 Å². The van der Waals surface area contributed by atoms with Crippen LogP contribution in [0.25, 0.3) is 16.8 Å². The molecule has 6 nitrogen and oxygen atoms in total. The predicted octanol–water partition coefficient (Wildman–Crippen LogP) is 5.36. The lowest BCUT2D eigenvalue weighted by molar-refractivity contribution is 0.00578. The maximum Gasteiger partial charge on any atom is 0.492 e. The molecule has 7 heteroatoms. The number of amides is 1. The lowest BCUT2D eigenvalue weighted by atomic mass is 9.76. The highest BCUT2D eigenvalue weighted by molar-refractivity contribution is 6.56. The van der Waals surface area contributed by atoms with Crippen molar-refractivity contribution in [3.63, 3.8) is 0 Å². The SMILES string of the molecule is CC1(C)OB(C(=Cc2cccc3c(N)cccc23)CNC(=O)OCc2ccccc2)OC1(C)C. The van der Waals surface area contributed by atoms with E-state index < -0.39 is 24.4 Å². The van der Waals surface area contributed by atoms with Gasteiger partial charge in [0, 0.05) is 17.6 Å². The Labute approximate surface area is 201 Å². The first-order chi connectivity index (χ1) is 16.2. The van der Waals surface area contributed by atoms with Crippen LogP contribution in [-0.4, -0.2) is 31.0 Å². The molecule has 3 aromatic rings. The van der Waals surface area contributed by atoms with Gasteiger partial charge in [-0.3, -0.25) is 0 Å². The summed E-state index contributed by atoms with van der Waals surface area (Å²) in [6.07, 6.45) is 1.50. The van der Waals surface area contributed by atoms with E-state index in [0.717, 1.165) is 27.4 Å². The number of anilines is 1. The van der Waals surface area contributed by atoms with Crippen LogP contribution in [0.5, 0.6) is 0 Å². The minimum Gasteiger partial charge on any atom is -0.445 e. The number of carbonyl (C=O) groups is 1. The molecule has 3 aromatic carbocycles. The summed E-state index contributed by atoms with van der Waals surface area (Å²) in [5, 5.41) is 4.84. The van der Waals surface area contributed by atoms with Crippen LogP contribution in [-0.2, 0) is 20.7 Å². The van der Waals surface area contributed by atoms with E-state index in [1.54, 1.807) is 0 Å². The van der Waals surface area contributed by atoms with Gasteiger partial charge in [-0.2, -0.15) is 0 Å². The first-order valence-electron chi connectivity index (χ1n) is 11.4. The second-order valence-corrected chi connectivity index (χ2v) is 9.51. The molecule has 0 spiro atoms. The number of alkyl carbamates (subject to hydrolysis) is 1. The van der Waals surface area contributed by atoms with Gasteiger partial charge in [0.25, 0.3) is 0 Å². The molecule has 1 amide bonds. The van der Waals surface area contributed by atoms with E-state index in [9.17, 15) is 4.79 Å². The van der Waals surface area contributed by atoms with E-state index in [1.807, 2.05) is 101 Å². The van der Waals surface area contributed by atoms with E-state index in [0.29, 0.717) is 5.69 Å². The second kappa shape index (κ2) is 9.53. The molecular weight excluding hydrogens is 427 g/mol. The standard InChI is InChI=1S/C27H31BN2O4/c1-26(2)27(3,4)34-28(33-26)21(17-30-25(31)32-18-19-10-6-5-7-11-19)16-20-12-8-14-23-22(20)13-9-15-24(23)29/h5-16H,17-18,29H2,1-4H3,(H,30,31). The predicted molar refractivity (Wildman–Crippen MR) is 137 cm³/mol. The van der Waals surface area contributed by atoms with Crippen LogP contribution in [0.3, 0.4) is 0 Å². The van der Waals surface area contributed by atoms with E-state index in [4.69, 9.17) is 19.8 Å². The monoisotopic (exact) mass is 458 g/mol. The smallest absolute Gasteiger partial charge is 0.445 e. The first kappa shape index (κ1) is 23.9. The first-order valence-corrected chi connectivity index (χ1v) is 11.4. The summed E-state index contributed by atoms with van der Waals surface area (Å²) in [4.78, 5) is 12.4. The van der Waals surface area contributed by atoms with Crippen LogP contribution in [0, 0.1) is 0 Å². The average molecular weight is 458 g/mol. The molecule has 1 aliphatic heterocycles. The van der Waals surface area contributed by atoms with Crippen molar-refractivity contribution in [3.05, 3.63) is 83.3 Å². The van der Waals surface area contributed by atoms with Crippen LogP contribution < -0.4 is 11.1 Å². The van der Waals surface area contributed by atoms with Crippen LogP contribution in [0.4, 0.5) is 10.5 Å². The van der Waals surface area contributed by atoms with E-state index in [1.165, 1.54) is 0 Å². The molecule has 1 heterocycles. The van der Waals surface area contributed by atoms with Crippen molar-refractivity contribution in [1.82, 2.24) is 5.32 Å². The highest BCUT2D eigenvalue weighted by atomic mass is 16.7. The number of carbonyl (C=O) groups excluding carboxylic acids is 1. The Morgan fingerprint density at radius 2 is 1.59 bits per heavy atom. The van der Waals surface area contributed by atoms with E-state index in [-0.39, 0.29) is 13.2 Å². The summed E-state index contributed by atoms with van der Waals surface area (Å²) in [6.45, 7) is 8.43. The number of fused-ring (bicyclic) bond motifs is 1. The van der Waals surface area contributed by atoms with Gasteiger partial charge in [0.15, 0.2) is 0 Å². The number of hydrogen-bond donors (Lipinski definition) is 2. The van der Waals surface area contributed by atoms with Crippen molar-refractivity contribution in [2.75, 3.05) is 12.3 Å². The summed E-state index contributed by atoms with van der Waals surface area (Å²) in [6, 6.07) is 21.4. The van der Waals surface area contributed by atoms with Gasteiger partial charge < -0.3 is 25.1 Å². The molecule has 0 saturated carbocycles. The Hall–Kier alpha value is -3.29. The molecule has 1 aliphatic rings. The molecule has 0 bridgehead atoms. The third kappa shape index (κ3) is 5.11. The molecule has 4 rings (SSSR count). The lowest BCUT2D eigenvalue weighted by Crippen LogP contribution is -2.41. The molecular formula is C27H31BN2O4. The van der Waals surface area contributed by atoms with Crippen LogP contribution in [0.2, 0.25) is 0 Å². The van der Waals surface area contributed by atoms with Gasteiger partial charge >= 0.3 is 13.2 Å². The number of hydrogen-bond acceptors (Lipinski definition) is 5. The summed E-state index contributed by atoms with van der Waals surface area (Å²) in [7, 11) is -0.615. The number of benzene rings is 3. The second-order valence-electron chi connectivity index (χ2n) is 9.51. The quantitative estimate of drug-likeness (QED) is 0.384. The Balaban J connectivity index is 1.58. The highest BCUT2D eigenvalue weighted by Gasteiger charge is 2.52. The fraction of sp³-hybridized carbons (Fsp3) is 0.296. The lowest BCUT2D eigenvalue weighted by Gasteiger charge is -2.32. The van der Waals surface area contributed by atoms with Crippen LogP contribution >= 0.6 is 0 Å². The fourth-order valence-electron chi connectivity index (χ4n) is 3.83. The Kier molecular flexibility index (Phi) is 6.68. The van der Waals surface area contributed by atoms with E-state index in [2.05, 4.69) is 5.32 Å². The third-order valence-electron chi connectivity index (χ3n) is 6.54. The summed E-state index contributed by atoms with van der Waals surface area (Å²) >= 11 is 0. The zero-order valence-corrected chi connectivity index (χ0v) is 20.1. The Bertz CT molecular complexity index is 1190. The van der Waals surface area contributed by atoms with Crippen LogP contribution in [0.15, 0.2) is 72.2 Å². The van der Waals surface area contributed by atoms with Crippen molar-refractivity contribution < 1.29 is 18.8 Å². The molecule has 0 unspecified atom stereocenters. The van der Waals surface area contributed by atoms with Crippen molar-refractivity contribution >= 4 is 35.7 Å². The van der Waals surface area contributed by atoms with Gasteiger partial charge in [-0.15, -0.1) is 0 Å². The maximum atomic E-state index is 12.4. The zero-order valence-electron chi connectivity index (χ0n) is 20.1. The van der Waals surface area contributed by atoms with Gasteiger partial charge in [0.1, 0.15) is 6.61 Å². The van der Waals surface area contributed by atoms with Gasteiger partial charge in [-0.25, -0.2) is 4.79 Å². The topological polar surface area (TPSA) is 82.8 Å². The molecule has 0 aliphatic carbocycles. The molecule has 176 valence electrons. The minimum absolute atomic E-state index is 0.199. The third-order valence-corrected chi connectivity index (χ3v) is 6.54. The highest BCUT2D eigenvalue weighted by Crippen LogP contribution is 2.39. The number of ether oxygens (including phenoxy) is 1. The van der Waals surface area contributed by atoms with Gasteiger partial charge in [-0.05, 0) is 55.7 Å². The normalized spacial score (nSPS) is 17.1. The summed E-state index contributed by atoms with van der Waals surface area (Å²) in [5.41, 5.74) is 8.56. The summed E-state index contributed by atoms with van der Waals surface area (Å²) < 4.78 is 18.0. The fourth-order valence-corrected chi connectivity index (χ4v) is 3.83. The van der Waals surface area contributed by atoms with Crippen molar-refractivity contribution in [3.8, 4) is 0 Å². The molecule has 34 heavy (non-hydrogen) atoms. The van der Waals surface area contributed by atoms with Gasteiger partial charge in [-0.1, -0.05) is 66.7 Å². The molecule has 0 radical (unpaired) electrons. The van der Waals surface area contributed by atoms with Crippen molar-refractivity contribution in [2.45, 2.75) is 45.5 Å². The molecule has 3 N–H and O–H groups in total. The number of nitrogens with two attached hydrogens (primary N) is 1. The molecule has 1 fully saturated rings. The number of nitrogens with one attached hydrogen (secondary N) is 1. The zero-order chi connectivity index (χ0) is 24.3. The molecule has 0 aromatic heterocycles. The average Bonchev–Trinajstić information content (AvgIpc) is 3.03. The maximum absolute atomic E-state index is 12.4. The molecule has 0 atom stereocenters. The van der Waals surface area contributed by atoms with Gasteiger partial charge in [0.05, 0.1) is 11.2 Å². The Morgan fingerprint density at radius 3 is 2.29 bits per heavy atom. The molecule has 1 saturated heterocycles. The van der Waals surface area contributed by atoms with Gasteiger partial charge in [0.2, 0.25) is 0 Å². The Morgan fingerprint density at radius 1 is 0.941 bits per heavy atom. The number of nitrogen functional groups attached to an aromatic ring is 1.